The number of nitrogens with zero attached hydrogens (tertiary/aromatic N) is 1. The van der Waals surface area contributed by atoms with Gasteiger partial charge in [0.15, 0.2) is 0 Å². The molecule has 0 aliphatic rings. The van der Waals surface area contributed by atoms with Crippen LogP contribution in [0.2, 0.25) is 0 Å². The van der Waals surface area contributed by atoms with Crippen molar-refractivity contribution in [3.05, 3.63) is 0 Å². The Labute approximate surface area is 93.3 Å². The maximum absolute atomic E-state index is 11.7. The molecule has 0 fully saturated rings. The second kappa shape index (κ2) is 5.82. The summed E-state index contributed by atoms with van der Waals surface area (Å²) in [5, 5.41) is 8.73. The SMILES string of the molecule is CCS(=O)(=O)N(CCCO)CC(C)(C)C. The molecule has 0 heterocycles. The van der Waals surface area contributed by atoms with Crippen molar-refractivity contribution in [2.24, 2.45) is 5.41 Å². The lowest BCUT2D eigenvalue weighted by Crippen LogP contribution is -2.39. The van der Waals surface area contributed by atoms with Crippen LogP contribution in [0.25, 0.3) is 0 Å². The Morgan fingerprint density at radius 1 is 1.27 bits per heavy atom. The van der Waals surface area contributed by atoms with Gasteiger partial charge in [-0.05, 0) is 18.8 Å². The Bertz CT molecular complexity index is 267. The van der Waals surface area contributed by atoms with Crippen LogP contribution in [0.4, 0.5) is 0 Å². The summed E-state index contributed by atoms with van der Waals surface area (Å²) in [4.78, 5) is 0. The minimum atomic E-state index is -3.14. The van der Waals surface area contributed by atoms with E-state index in [1.165, 1.54) is 4.31 Å². The van der Waals surface area contributed by atoms with E-state index in [1.807, 2.05) is 20.8 Å². The third kappa shape index (κ3) is 6.12. The fourth-order valence-corrected chi connectivity index (χ4v) is 2.63. The van der Waals surface area contributed by atoms with Crippen LogP contribution in [0, 0.1) is 5.41 Å². The summed E-state index contributed by atoms with van der Waals surface area (Å²) in [5.74, 6) is 0.120. The van der Waals surface area contributed by atoms with Gasteiger partial charge in [-0.3, -0.25) is 0 Å². The molecule has 0 bridgehead atoms. The highest BCUT2D eigenvalue weighted by atomic mass is 32.2. The normalized spacial score (nSPS) is 13.5. The maximum Gasteiger partial charge on any atom is 0.213 e. The average Bonchev–Trinajstić information content (AvgIpc) is 2.10. The topological polar surface area (TPSA) is 57.6 Å². The van der Waals surface area contributed by atoms with Crippen molar-refractivity contribution in [3.63, 3.8) is 0 Å². The van der Waals surface area contributed by atoms with E-state index in [0.717, 1.165) is 0 Å². The van der Waals surface area contributed by atoms with E-state index >= 15 is 0 Å². The molecule has 5 heteroatoms. The minimum Gasteiger partial charge on any atom is -0.396 e. The first-order valence-corrected chi connectivity index (χ1v) is 6.92. The number of sulfonamides is 1. The van der Waals surface area contributed by atoms with Crippen molar-refractivity contribution in [2.75, 3.05) is 25.4 Å². The van der Waals surface area contributed by atoms with E-state index in [2.05, 4.69) is 0 Å². The third-order valence-corrected chi connectivity index (χ3v) is 3.80. The standard InChI is InChI=1S/C10H23NO3S/c1-5-15(13,14)11(7-6-8-12)9-10(2,3)4/h12H,5-9H2,1-4H3. The summed E-state index contributed by atoms with van der Waals surface area (Å²) in [7, 11) is -3.14. The van der Waals surface area contributed by atoms with E-state index in [1.54, 1.807) is 6.92 Å². The number of rotatable bonds is 6. The van der Waals surface area contributed by atoms with E-state index in [9.17, 15) is 8.42 Å². The first-order valence-electron chi connectivity index (χ1n) is 5.31. The van der Waals surface area contributed by atoms with Gasteiger partial charge in [0.2, 0.25) is 10.0 Å². The van der Waals surface area contributed by atoms with Crippen LogP contribution < -0.4 is 0 Å². The van der Waals surface area contributed by atoms with Gasteiger partial charge >= 0.3 is 0 Å². The molecule has 0 aromatic carbocycles. The van der Waals surface area contributed by atoms with Gasteiger partial charge in [-0.15, -0.1) is 0 Å². The van der Waals surface area contributed by atoms with E-state index < -0.39 is 10.0 Å². The van der Waals surface area contributed by atoms with Crippen molar-refractivity contribution in [1.82, 2.24) is 4.31 Å². The van der Waals surface area contributed by atoms with Gasteiger partial charge in [0.05, 0.1) is 5.75 Å². The summed E-state index contributed by atoms with van der Waals surface area (Å²) in [6, 6.07) is 0. The first kappa shape index (κ1) is 14.9. The molecule has 0 spiro atoms. The molecule has 15 heavy (non-hydrogen) atoms. The van der Waals surface area contributed by atoms with Crippen molar-refractivity contribution in [3.8, 4) is 0 Å². The Kier molecular flexibility index (Phi) is 5.77. The molecule has 0 saturated heterocycles. The fraction of sp³-hybridized carbons (Fsp3) is 1.00. The predicted octanol–water partition coefficient (Wildman–Crippen LogP) is 1.07. The summed E-state index contributed by atoms with van der Waals surface area (Å²) < 4.78 is 24.9. The molecule has 0 aromatic heterocycles. The molecule has 4 nitrogen and oxygen atoms in total. The Morgan fingerprint density at radius 2 is 1.80 bits per heavy atom. The van der Waals surface area contributed by atoms with Gasteiger partial charge in [0.1, 0.15) is 0 Å². The number of hydrogen-bond donors (Lipinski definition) is 1. The Morgan fingerprint density at radius 3 is 2.13 bits per heavy atom. The molecular weight excluding hydrogens is 214 g/mol. The van der Waals surface area contributed by atoms with Crippen LogP contribution in [0.5, 0.6) is 0 Å². The molecule has 1 N–H and O–H groups in total. The van der Waals surface area contributed by atoms with Crippen LogP contribution in [0.3, 0.4) is 0 Å². The lowest BCUT2D eigenvalue weighted by molar-refractivity contribution is 0.241. The van der Waals surface area contributed by atoms with Crippen molar-refractivity contribution in [2.45, 2.75) is 34.1 Å². The van der Waals surface area contributed by atoms with Crippen LogP contribution in [-0.2, 0) is 10.0 Å². The molecule has 0 aromatic rings. The number of aliphatic hydroxyl groups is 1. The van der Waals surface area contributed by atoms with Gasteiger partial charge in [-0.1, -0.05) is 20.8 Å². The highest BCUT2D eigenvalue weighted by molar-refractivity contribution is 7.89. The van der Waals surface area contributed by atoms with Gasteiger partial charge < -0.3 is 5.11 Å². The van der Waals surface area contributed by atoms with Gasteiger partial charge in [-0.2, -0.15) is 0 Å². The van der Waals surface area contributed by atoms with E-state index in [-0.39, 0.29) is 17.8 Å². The molecule has 0 atom stereocenters. The lowest BCUT2D eigenvalue weighted by Gasteiger charge is -2.28. The molecule has 0 unspecified atom stereocenters. The van der Waals surface area contributed by atoms with Crippen molar-refractivity contribution < 1.29 is 13.5 Å². The second-order valence-corrected chi connectivity index (χ2v) is 7.13. The molecule has 0 rings (SSSR count). The smallest absolute Gasteiger partial charge is 0.213 e. The molecular formula is C10H23NO3S. The molecule has 0 radical (unpaired) electrons. The summed E-state index contributed by atoms with van der Waals surface area (Å²) >= 11 is 0. The second-order valence-electron chi connectivity index (χ2n) is 4.87. The largest absolute Gasteiger partial charge is 0.396 e. The fourth-order valence-electron chi connectivity index (χ4n) is 1.28. The average molecular weight is 237 g/mol. The van der Waals surface area contributed by atoms with Gasteiger partial charge in [0.25, 0.3) is 0 Å². The highest BCUT2D eigenvalue weighted by Crippen LogP contribution is 2.18. The van der Waals surface area contributed by atoms with Gasteiger partial charge in [0, 0.05) is 19.7 Å². The summed E-state index contributed by atoms with van der Waals surface area (Å²) in [6.07, 6.45) is 0.495. The molecule has 0 amide bonds. The molecule has 92 valence electrons. The molecule has 0 aliphatic heterocycles. The van der Waals surface area contributed by atoms with E-state index in [4.69, 9.17) is 5.11 Å². The van der Waals surface area contributed by atoms with Crippen LogP contribution in [0.15, 0.2) is 0 Å². The van der Waals surface area contributed by atoms with Crippen LogP contribution >= 0.6 is 0 Å². The molecule has 0 saturated carbocycles. The summed E-state index contributed by atoms with van der Waals surface area (Å²) in [5.41, 5.74) is -0.0578. The minimum absolute atomic E-state index is 0.0277. The first-order chi connectivity index (χ1) is 6.73. The zero-order valence-electron chi connectivity index (χ0n) is 10.2. The van der Waals surface area contributed by atoms with Crippen LogP contribution in [0.1, 0.15) is 34.1 Å². The van der Waals surface area contributed by atoms with Crippen molar-refractivity contribution in [1.29, 1.82) is 0 Å². The Hall–Kier alpha value is -0.130. The number of hydrogen-bond acceptors (Lipinski definition) is 3. The lowest BCUT2D eigenvalue weighted by atomic mass is 9.97. The quantitative estimate of drug-likeness (QED) is 0.751. The van der Waals surface area contributed by atoms with Crippen molar-refractivity contribution >= 4 is 10.0 Å². The van der Waals surface area contributed by atoms with Crippen LogP contribution in [-0.4, -0.2) is 43.3 Å². The van der Waals surface area contributed by atoms with Gasteiger partial charge in [-0.25, -0.2) is 12.7 Å². The number of aliphatic hydroxyl groups excluding tert-OH is 1. The summed E-state index contributed by atoms with van der Waals surface area (Å²) in [6.45, 7) is 8.59. The molecule has 0 aliphatic carbocycles. The maximum atomic E-state index is 11.7. The zero-order valence-corrected chi connectivity index (χ0v) is 11.0. The predicted molar refractivity (Wildman–Crippen MR) is 62.2 cm³/mol. The highest BCUT2D eigenvalue weighted by Gasteiger charge is 2.24. The van der Waals surface area contributed by atoms with E-state index in [0.29, 0.717) is 19.5 Å². The monoisotopic (exact) mass is 237 g/mol. The third-order valence-electron chi connectivity index (χ3n) is 1.97. The zero-order chi connectivity index (χ0) is 12.1. The Balaban J connectivity index is 4.60.